The number of H-pyrrole nitrogens is 1. The molecule has 6 rings (SSSR count). The van der Waals surface area contributed by atoms with Gasteiger partial charge in [-0.15, -0.1) is 17.0 Å². The maximum absolute atomic E-state index is 4.91. The molecule has 2 aromatic carbocycles. The van der Waals surface area contributed by atoms with Gasteiger partial charge in [-0.3, -0.25) is 9.88 Å². The van der Waals surface area contributed by atoms with Crippen molar-refractivity contribution < 1.29 is 0 Å². The second-order valence-corrected chi connectivity index (χ2v) is 10.6. The molecule has 0 radical (unpaired) electrons. The van der Waals surface area contributed by atoms with Crippen molar-refractivity contribution in [3.05, 3.63) is 95.6 Å². The highest BCUT2D eigenvalue weighted by atomic mass is 79.9. The molecule has 4 aromatic rings. The lowest BCUT2D eigenvalue weighted by Crippen LogP contribution is -2.45. The Morgan fingerprint density at radius 2 is 1.76 bits per heavy atom. The van der Waals surface area contributed by atoms with Crippen molar-refractivity contribution >= 4 is 28.0 Å². The maximum Gasteiger partial charge on any atom is 0.121 e. The molecule has 1 aliphatic heterocycles. The zero-order valence-electron chi connectivity index (χ0n) is 22.1. The number of pyridine rings is 1. The van der Waals surface area contributed by atoms with Gasteiger partial charge >= 0.3 is 0 Å². The molecule has 1 fully saturated rings. The predicted molar refractivity (Wildman–Crippen MR) is 159 cm³/mol. The number of halogens is 1. The fraction of sp³-hybridized carbons (Fsp3) is 0.419. The van der Waals surface area contributed by atoms with E-state index in [4.69, 9.17) is 9.97 Å². The van der Waals surface area contributed by atoms with Crippen LogP contribution in [0.3, 0.4) is 0 Å². The Hall–Kier alpha value is -2.58. The second kappa shape index (κ2) is 13.0. The summed E-state index contributed by atoms with van der Waals surface area (Å²) in [6.07, 6.45) is 7.91. The summed E-state index contributed by atoms with van der Waals surface area (Å²) < 4.78 is 0. The first-order chi connectivity index (χ1) is 18.3. The van der Waals surface area contributed by atoms with E-state index in [1.807, 2.05) is 6.20 Å². The molecule has 1 atom stereocenters. The minimum atomic E-state index is 0. The van der Waals surface area contributed by atoms with Gasteiger partial charge in [-0.05, 0) is 74.5 Å². The molecule has 2 aliphatic rings. The number of hydrogen-bond donors (Lipinski definition) is 2. The van der Waals surface area contributed by atoms with Crippen LogP contribution in [-0.4, -0.2) is 57.0 Å². The predicted octanol–water partition coefficient (Wildman–Crippen LogP) is 5.67. The Balaban J connectivity index is 0.00000294. The molecule has 6 nitrogen and oxygen atoms in total. The second-order valence-electron chi connectivity index (χ2n) is 10.6. The number of aromatic amines is 1. The minimum absolute atomic E-state index is 0. The number of rotatable bonds is 9. The third-order valence-corrected chi connectivity index (χ3v) is 8.13. The van der Waals surface area contributed by atoms with Crippen LogP contribution in [0.2, 0.25) is 0 Å². The molecule has 1 unspecified atom stereocenters. The zero-order chi connectivity index (χ0) is 24.9. The number of imidazole rings is 1. The fourth-order valence-electron chi connectivity index (χ4n) is 6.05. The molecule has 0 bridgehead atoms. The first-order valence-corrected chi connectivity index (χ1v) is 13.9. The number of nitrogens with zero attached hydrogens (tertiary/aromatic N) is 4. The van der Waals surface area contributed by atoms with Crippen LogP contribution in [0.15, 0.2) is 72.9 Å². The van der Waals surface area contributed by atoms with E-state index in [1.54, 1.807) is 0 Å². The molecule has 2 N–H and O–H groups in total. The average molecular weight is 576 g/mol. The van der Waals surface area contributed by atoms with Crippen molar-refractivity contribution in [3.63, 3.8) is 0 Å². The van der Waals surface area contributed by atoms with E-state index in [9.17, 15) is 0 Å². The highest BCUT2D eigenvalue weighted by Gasteiger charge is 2.29. The Morgan fingerprint density at radius 1 is 0.947 bits per heavy atom. The van der Waals surface area contributed by atoms with Crippen LogP contribution < -0.4 is 5.32 Å². The Labute approximate surface area is 236 Å². The number of aromatic nitrogens is 3. The summed E-state index contributed by atoms with van der Waals surface area (Å²) in [6, 6.07) is 24.4. The molecule has 1 saturated heterocycles. The molecule has 7 heteroatoms. The highest BCUT2D eigenvalue weighted by Crippen LogP contribution is 2.33. The van der Waals surface area contributed by atoms with Crippen molar-refractivity contribution in [1.82, 2.24) is 30.1 Å². The van der Waals surface area contributed by atoms with Crippen LogP contribution in [0.25, 0.3) is 11.0 Å². The van der Waals surface area contributed by atoms with Crippen molar-refractivity contribution in [2.24, 2.45) is 0 Å². The molecule has 0 amide bonds. The van der Waals surface area contributed by atoms with Crippen molar-refractivity contribution in [1.29, 1.82) is 0 Å². The summed E-state index contributed by atoms with van der Waals surface area (Å²) >= 11 is 0. The molecule has 38 heavy (non-hydrogen) atoms. The third kappa shape index (κ3) is 6.52. The minimum Gasteiger partial charge on any atom is -0.341 e. The van der Waals surface area contributed by atoms with E-state index < -0.39 is 0 Å². The average Bonchev–Trinajstić information content (AvgIpc) is 3.37. The monoisotopic (exact) mass is 574 g/mol. The SMILES string of the molecule is Br.c1ccc(CNC2CCN(CCN(Cc3nc4ccccc4[nH]3)C3CCCc4cccnc43)CC2)cc1. The van der Waals surface area contributed by atoms with Crippen LogP contribution in [-0.2, 0) is 19.5 Å². The summed E-state index contributed by atoms with van der Waals surface area (Å²) in [7, 11) is 0. The van der Waals surface area contributed by atoms with E-state index in [2.05, 4.69) is 86.8 Å². The van der Waals surface area contributed by atoms with Gasteiger partial charge in [0.25, 0.3) is 0 Å². The maximum atomic E-state index is 4.91. The number of fused-ring (bicyclic) bond motifs is 2. The van der Waals surface area contributed by atoms with E-state index in [-0.39, 0.29) is 17.0 Å². The first-order valence-electron chi connectivity index (χ1n) is 13.9. The zero-order valence-corrected chi connectivity index (χ0v) is 23.8. The summed E-state index contributed by atoms with van der Waals surface area (Å²) in [4.78, 5) is 18.6. The lowest BCUT2D eigenvalue weighted by molar-refractivity contribution is 0.120. The molecule has 200 valence electrons. The molecule has 2 aromatic heterocycles. The lowest BCUT2D eigenvalue weighted by atomic mass is 9.90. The number of nitrogens with one attached hydrogen (secondary N) is 2. The van der Waals surface area contributed by atoms with Gasteiger partial charge in [0.15, 0.2) is 0 Å². The Bertz CT molecular complexity index is 1250. The number of para-hydroxylation sites is 2. The molecular formula is C31H39BrN6. The standard InChI is InChI=1S/C31H38N6.BrH/c1-2-8-24(9-3-1)22-33-26-15-18-36(19-16-26)20-21-37(23-30-34-27-12-4-5-13-28(27)35-30)29-14-6-10-25-11-7-17-32-31(25)29;/h1-5,7-9,11-13,17,26,29,33H,6,10,14-16,18-23H2,(H,34,35);1H. The topological polar surface area (TPSA) is 60.1 Å². The molecule has 0 saturated carbocycles. The Morgan fingerprint density at radius 3 is 2.61 bits per heavy atom. The molecule has 0 spiro atoms. The van der Waals surface area contributed by atoms with Gasteiger partial charge in [0.05, 0.1) is 29.3 Å². The smallest absolute Gasteiger partial charge is 0.121 e. The van der Waals surface area contributed by atoms with Crippen LogP contribution >= 0.6 is 17.0 Å². The number of aryl methyl sites for hydroxylation is 1. The summed E-state index contributed by atoms with van der Waals surface area (Å²) in [5.41, 5.74) is 6.22. The molecular weight excluding hydrogens is 536 g/mol. The normalized spacial score (nSPS) is 18.4. The van der Waals surface area contributed by atoms with Gasteiger partial charge in [0.1, 0.15) is 5.82 Å². The fourth-order valence-corrected chi connectivity index (χ4v) is 6.05. The number of hydrogen-bond acceptors (Lipinski definition) is 5. The van der Waals surface area contributed by atoms with Crippen molar-refractivity contribution in [2.75, 3.05) is 26.2 Å². The van der Waals surface area contributed by atoms with Gasteiger partial charge < -0.3 is 15.2 Å². The van der Waals surface area contributed by atoms with Crippen LogP contribution in [0.1, 0.15) is 54.4 Å². The summed E-state index contributed by atoms with van der Waals surface area (Å²) in [6.45, 7) is 6.22. The van der Waals surface area contributed by atoms with Gasteiger partial charge in [-0.25, -0.2) is 4.98 Å². The third-order valence-electron chi connectivity index (χ3n) is 8.13. The first kappa shape index (κ1) is 27.0. The van der Waals surface area contributed by atoms with E-state index in [1.165, 1.54) is 36.1 Å². The lowest BCUT2D eigenvalue weighted by Gasteiger charge is -2.37. The number of piperidine rings is 1. The van der Waals surface area contributed by atoms with Crippen LogP contribution in [0.4, 0.5) is 0 Å². The van der Waals surface area contributed by atoms with E-state index in [0.717, 1.165) is 69.0 Å². The van der Waals surface area contributed by atoms with E-state index in [0.29, 0.717) is 12.1 Å². The van der Waals surface area contributed by atoms with Crippen molar-refractivity contribution in [3.8, 4) is 0 Å². The quantitative estimate of drug-likeness (QED) is 0.270. The van der Waals surface area contributed by atoms with Crippen LogP contribution in [0.5, 0.6) is 0 Å². The van der Waals surface area contributed by atoms with Crippen molar-refractivity contribution in [2.45, 2.75) is 57.3 Å². The number of benzene rings is 2. The summed E-state index contributed by atoms with van der Waals surface area (Å²) in [5.74, 6) is 1.05. The van der Waals surface area contributed by atoms with Crippen LogP contribution in [0, 0.1) is 0 Å². The van der Waals surface area contributed by atoms with Gasteiger partial charge in [-0.2, -0.15) is 0 Å². The molecule has 3 heterocycles. The largest absolute Gasteiger partial charge is 0.341 e. The van der Waals surface area contributed by atoms with Gasteiger partial charge in [0.2, 0.25) is 0 Å². The highest BCUT2D eigenvalue weighted by molar-refractivity contribution is 8.93. The summed E-state index contributed by atoms with van der Waals surface area (Å²) in [5, 5.41) is 3.77. The van der Waals surface area contributed by atoms with E-state index >= 15 is 0 Å². The Kier molecular flexibility index (Phi) is 9.22. The van der Waals surface area contributed by atoms with Gasteiger partial charge in [0, 0.05) is 31.9 Å². The molecule has 1 aliphatic carbocycles. The van der Waals surface area contributed by atoms with Gasteiger partial charge in [-0.1, -0.05) is 48.5 Å². The number of likely N-dealkylation sites (tertiary alicyclic amines) is 1.